The number of benzene rings is 1. The average Bonchev–Trinajstić information content (AvgIpc) is 2.31. The van der Waals surface area contributed by atoms with Gasteiger partial charge in [0.25, 0.3) is 0 Å². The van der Waals surface area contributed by atoms with Gasteiger partial charge in [-0.1, -0.05) is 39.8 Å². The molecule has 2 nitrogen and oxygen atoms in total. The van der Waals surface area contributed by atoms with E-state index in [4.69, 9.17) is 5.73 Å². The standard InChI is InChI=1S/C16H28N2/c1-12(2)9-14-5-7-16(8-6-14)18-11-15(10-17)13(3)4/h5-8,12-13,15,18H,9-11,17H2,1-4H3. The SMILES string of the molecule is CC(C)Cc1ccc(NCC(CN)C(C)C)cc1. The highest BCUT2D eigenvalue weighted by molar-refractivity contribution is 5.44. The molecular weight excluding hydrogens is 220 g/mol. The van der Waals surface area contributed by atoms with E-state index in [-0.39, 0.29) is 0 Å². The Morgan fingerprint density at radius 2 is 1.67 bits per heavy atom. The minimum Gasteiger partial charge on any atom is -0.385 e. The van der Waals surface area contributed by atoms with Gasteiger partial charge in [-0.3, -0.25) is 0 Å². The predicted molar refractivity (Wildman–Crippen MR) is 80.9 cm³/mol. The van der Waals surface area contributed by atoms with Gasteiger partial charge in [-0.05, 0) is 48.4 Å². The Morgan fingerprint density at radius 3 is 2.11 bits per heavy atom. The summed E-state index contributed by atoms with van der Waals surface area (Å²) in [6, 6.07) is 8.78. The second-order valence-corrected chi connectivity index (χ2v) is 5.92. The first-order valence-corrected chi connectivity index (χ1v) is 7.05. The molecule has 102 valence electrons. The highest BCUT2D eigenvalue weighted by Gasteiger charge is 2.10. The van der Waals surface area contributed by atoms with Gasteiger partial charge in [0.15, 0.2) is 0 Å². The van der Waals surface area contributed by atoms with Crippen molar-refractivity contribution in [2.24, 2.45) is 23.5 Å². The first-order chi connectivity index (χ1) is 8.52. The van der Waals surface area contributed by atoms with E-state index in [9.17, 15) is 0 Å². The molecule has 0 spiro atoms. The number of hydrogen-bond donors (Lipinski definition) is 2. The quantitative estimate of drug-likeness (QED) is 0.774. The third-order valence-corrected chi connectivity index (χ3v) is 3.41. The lowest BCUT2D eigenvalue weighted by Crippen LogP contribution is -2.27. The molecule has 0 saturated heterocycles. The van der Waals surface area contributed by atoms with Crippen LogP contribution >= 0.6 is 0 Å². The third kappa shape index (κ3) is 5.09. The maximum absolute atomic E-state index is 5.78. The molecule has 1 aromatic carbocycles. The van der Waals surface area contributed by atoms with Crippen molar-refractivity contribution >= 4 is 5.69 Å². The van der Waals surface area contributed by atoms with Crippen LogP contribution in [0.25, 0.3) is 0 Å². The van der Waals surface area contributed by atoms with Crippen molar-refractivity contribution in [2.45, 2.75) is 34.1 Å². The van der Waals surface area contributed by atoms with E-state index in [1.807, 2.05) is 0 Å². The van der Waals surface area contributed by atoms with Gasteiger partial charge in [0, 0.05) is 12.2 Å². The third-order valence-electron chi connectivity index (χ3n) is 3.41. The summed E-state index contributed by atoms with van der Waals surface area (Å²) in [5.74, 6) is 1.88. The molecule has 1 rings (SSSR count). The summed E-state index contributed by atoms with van der Waals surface area (Å²) >= 11 is 0. The fraction of sp³-hybridized carbons (Fsp3) is 0.625. The molecule has 0 fully saturated rings. The summed E-state index contributed by atoms with van der Waals surface area (Å²) in [5.41, 5.74) is 8.38. The lowest BCUT2D eigenvalue weighted by Gasteiger charge is -2.20. The van der Waals surface area contributed by atoms with E-state index in [2.05, 4.69) is 57.3 Å². The van der Waals surface area contributed by atoms with Crippen LogP contribution in [0.3, 0.4) is 0 Å². The Bertz CT molecular complexity index is 327. The summed E-state index contributed by atoms with van der Waals surface area (Å²) in [6.07, 6.45) is 1.15. The lowest BCUT2D eigenvalue weighted by molar-refractivity contribution is 0.413. The Kier molecular flexibility index (Phi) is 6.20. The summed E-state index contributed by atoms with van der Waals surface area (Å²) in [4.78, 5) is 0. The highest BCUT2D eigenvalue weighted by Crippen LogP contribution is 2.15. The Morgan fingerprint density at radius 1 is 1.06 bits per heavy atom. The molecule has 2 heteroatoms. The normalized spacial score (nSPS) is 13.1. The van der Waals surface area contributed by atoms with Crippen LogP contribution in [0.15, 0.2) is 24.3 Å². The van der Waals surface area contributed by atoms with E-state index < -0.39 is 0 Å². The van der Waals surface area contributed by atoms with Crippen LogP contribution in [0.2, 0.25) is 0 Å². The maximum atomic E-state index is 5.78. The first kappa shape index (κ1) is 15.0. The highest BCUT2D eigenvalue weighted by atomic mass is 14.9. The van der Waals surface area contributed by atoms with Crippen LogP contribution in [0, 0.1) is 17.8 Å². The molecule has 0 amide bonds. The van der Waals surface area contributed by atoms with E-state index in [0.717, 1.165) is 19.5 Å². The number of nitrogens with one attached hydrogen (secondary N) is 1. The molecule has 18 heavy (non-hydrogen) atoms. The predicted octanol–water partition coefficient (Wildman–Crippen LogP) is 3.53. The van der Waals surface area contributed by atoms with Crippen LogP contribution in [0.1, 0.15) is 33.3 Å². The maximum Gasteiger partial charge on any atom is 0.0340 e. The van der Waals surface area contributed by atoms with Crippen LogP contribution < -0.4 is 11.1 Å². The van der Waals surface area contributed by atoms with Crippen LogP contribution in [-0.4, -0.2) is 13.1 Å². The number of rotatable bonds is 7. The van der Waals surface area contributed by atoms with Gasteiger partial charge in [0.2, 0.25) is 0 Å². The molecule has 0 aliphatic carbocycles. The Labute approximate surface area is 112 Å². The van der Waals surface area contributed by atoms with E-state index >= 15 is 0 Å². The minimum atomic E-state index is 0.542. The zero-order valence-electron chi connectivity index (χ0n) is 12.2. The van der Waals surface area contributed by atoms with Crippen molar-refractivity contribution in [1.82, 2.24) is 0 Å². The van der Waals surface area contributed by atoms with Crippen LogP contribution in [0.5, 0.6) is 0 Å². The Balaban J connectivity index is 2.48. The van der Waals surface area contributed by atoms with E-state index in [1.165, 1.54) is 11.3 Å². The van der Waals surface area contributed by atoms with Gasteiger partial charge in [-0.15, -0.1) is 0 Å². The topological polar surface area (TPSA) is 38.0 Å². The van der Waals surface area contributed by atoms with Crippen molar-refractivity contribution in [3.05, 3.63) is 29.8 Å². The lowest BCUT2D eigenvalue weighted by atomic mass is 9.96. The molecule has 0 heterocycles. The second kappa shape index (κ2) is 7.42. The molecule has 0 saturated carbocycles. The van der Waals surface area contributed by atoms with Crippen molar-refractivity contribution in [3.63, 3.8) is 0 Å². The average molecular weight is 248 g/mol. The molecular formula is C16H28N2. The monoisotopic (exact) mass is 248 g/mol. The Hall–Kier alpha value is -1.02. The molecule has 1 unspecified atom stereocenters. The molecule has 3 N–H and O–H groups in total. The molecule has 0 aromatic heterocycles. The molecule has 0 aliphatic rings. The van der Waals surface area contributed by atoms with Gasteiger partial charge in [0.1, 0.15) is 0 Å². The molecule has 1 aromatic rings. The fourth-order valence-electron chi connectivity index (χ4n) is 2.07. The summed E-state index contributed by atoms with van der Waals surface area (Å²) < 4.78 is 0. The number of hydrogen-bond acceptors (Lipinski definition) is 2. The van der Waals surface area contributed by atoms with E-state index in [1.54, 1.807) is 0 Å². The van der Waals surface area contributed by atoms with Gasteiger partial charge in [-0.2, -0.15) is 0 Å². The van der Waals surface area contributed by atoms with E-state index in [0.29, 0.717) is 17.8 Å². The zero-order valence-corrected chi connectivity index (χ0v) is 12.2. The van der Waals surface area contributed by atoms with Crippen molar-refractivity contribution in [3.8, 4) is 0 Å². The van der Waals surface area contributed by atoms with Crippen molar-refractivity contribution < 1.29 is 0 Å². The van der Waals surface area contributed by atoms with Crippen molar-refractivity contribution in [1.29, 1.82) is 0 Å². The molecule has 1 atom stereocenters. The van der Waals surface area contributed by atoms with Gasteiger partial charge in [0.05, 0.1) is 0 Å². The van der Waals surface area contributed by atoms with Crippen molar-refractivity contribution in [2.75, 3.05) is 18.4 Å². The fourth-order valence-corrected chi connectivity index (χ4v) is 2.07. The number of anilines is 1. The van der Waals surface area contributed by atoms with Gasteiger partial charge < -0.3 is 11.1 Å². The molecule has 0 radical (unpaired) electrons. The van der Waals surface area contributed by atoms with Crippen LogP contribution in [-0.2, 0) is 6.42 Å². The zero-order chi connectivity index (χ0) is 13.5. The molecule has 0 bridgehead atoms. The minimum absolute atomic E-state index is 0.542. The largest absolute Gasteiger partial charge is 0.385 e. The summed E-state index contributed by atoms with van der Waals surface area (Å²) in [7, 11) is 0. The second-order valence-electron chi connectivity index (χ2n) is 5.92. The summed E-state index contributed by atoms with van der Waals surface area (Å²) in [6.45, 7) is 10.7. The summed E-state index contributed by atoms with van der Waals surface area (Å²) in [5, 5.41) is 3.48. The van der Waals surface area contributed by atoms with Crippen LogP contribution in [0.4, 0.5) is 5.69 Å². The molecule has 0 aliphatic heterocycles. The number of nitrogens with two attached hydrogens (primary N) is 1. The smallest absolute Gasteiger partial charge is 0.0340 e. The van der Waals surface area contributed by atoms with Gasteiger partial charge >= 0.3 is 0 Å². The van der Waals surface area contributed by atoms with Gasteiger partial charge in [-0.25, -0.2) is 0 Å². The first-order valence-electron chi connectivity index (χ1n) is 7.05.